The van der Waals surface area contributed by atoms with Gasteiger partial charge in [-0.05, 0) is 35.9 Å². The fraction of sp³-hybridized carbons (Fsp3) is 0.118. The Morgan fingerprint density at radius 2 is 1.92 bits per heavy atom. The van der Waals surface area contributed by atoms with Gasteiger partial charge in [0.05, 0.1) is 18.1 Å². The van der Waals surface area contributed by atoms with Crippen LogP contribution < -0.4 is 11.1 Å². The minimum absolute atomic E-state index is 0.00921. The number of halogens is 1. The van der Waals surface area contributed by atoms with Crippen LogP contribution in [-0.2, 0) is 16.0 Å². The van der Waals surface area contributed by atoms with Crippen molar-refractivity contribution in [2.45, 2.75) is 6.42 Å². The molecule has 2 aromatic carbocycles. The highest BCUT2D eigenvalue weighted by atomic mass is 19.1. The van der Waals surface area contributed by atoms with E-state index in [1.807, 2.05) is 6.07 Å². The number of nitrogens with two attached hydrogens (primary N) is 1. The number of amides is 1. The molecule has 1 amide bonds. The first-order valence-electron chi connectivity index (χ1n) is 6.97. The summed E-state index contributed by atoms with van der Waals surface area (Å²) in [4.78, 5) is 23.6. The van der Waals surface area contributed by atoms with Crippen molar-refractivity contribution in [2.24, 2.45) is 0 Å². The number of nitrogens with zero attached hydrogens (tertiary/aromatic N) is 1. The molecule has 0 aliphatic heterocycles. The summed E-state index contributed by atoms with van der Waals surface area (Å²) in [6.45, 7) is -0.504. The van der Waals surface area contributed by atoms with Crippen molar-refractivity contribution in [3.63, 3.8) is 0 Å². The number of carbonyl (C=O) groups is 2. The molecule has 0 aliphatic carbocycles. The van der Waals surface area contributed by atoms with Crippen LogP contribution in [0.1, 0.15) is 15.9 Å². The largest absolute Gasteiger partial charge is 0.452 e. The average Bonchev–Trinajstić information content (AvgIpc) is 2.55. The van der Waals surface area contributed by atoms with Gasteiger partial charge < -0.3 is 15.8 Å². The van der Waals surface area contributed by atoms with Gasteiger partial charge in [-0.3, -0.25) is 4.79 Å². The molecular formula is C17H14FN3O3. The fourth-order valence-electron chi connectivity index (χ4n) is 1.92. The predicted octanol–water partition coefficient (Wildman–Crippen LogP) is 2.27. The third kappa shape index (κ3) is 4.55. The standard InChI is InChI=1S/C17H14FN3O3/c18-12-3-6-14(15(20)9-12)17(23)24-10-16(22)21-13-4-1-11(2-5-13)7-8-19/h1-6,9H,7,10,20H2,(H,21,22). The molecule has 7 heteroatoms. The zero-order valence-corrected chi connectivity index (χ0v) is 12.6. The highest BCUT2D eigenvalue weighted by molar-refractivity contribution is 5.98. The van der Waals surface area contributed by atoms with E-state index in [2.05, 4.69) is 5.32 Å². The normalized spacial score (nSPS) is 9.83. The highest BCUT2D eigenvalue weighted by Gasteiger charge is 2.14. The average molecular weight is 327 g/mol. The number of rotatable bonds is 5. The topological polar surface area (TPSA) is 105 Å². The number of carbonyl (C=O) groups excluding carboxylic acids is 2. The van der Waals surface area contributed by atoms with Crippen LogP contribution in [-0.4, -0.2) is 18.5 Å². The molecule has 3 N–H and O–H groups in total. The summed E-state index contributed by atoms with van der Waals surface area (Å²) in [7, 11) is 0. The summed E-state index contributed by atoms with van der Waals surface area (Å²) < 4.78 is 17.8. The van der Waals surface area contributed by atoms with Gasteiger partial charge in [-0.1, -0.05) is 12.1 Å². The maximum absolute atomic E-state index is 12.9. The van der Waals surface area contributed by atoms with Crippen LogP contribution in [0, 0.1) is 17.1 Å². The third-order valence-electron chi connectivity index (χ3n) is 3.09. The summed E-state index contributed by atoms with van der Waals surface area (Å²) in [5.74, 6) is -1.91. The lowest BCUT2D eigenvalue weighted by molar-refractivity contribution is -0.119. The molecule has 122 valence electrons. The Hall–Kier alpha value is -3.40. The monoisotopic (exact) mass is 327 g/mol. The molecule has 0 saturated carbocycles. The second-order valence-corrected chi connectivity index (χ2v) is 4.89. The number of esters is 1. The van der Waals surface area contributed by atoms with Gasteiger partial charge in [-0.2, -0.15) is 5.26 Å². The van der Waals surface area contributed by atoms with Gasteiger partial charge >= 0.3 is 5.97 Å². The summed E-state index contributed by atoms with van der Waals surface area (Å²) in [5.41, 5.74) is 6.80. The molecule has 24 heavy (non-hydrogen) atoms. The van der Waals surface area contributed by atoms with Crippen molar-refractivity contribution < 1.29 is 18.7 Å². The quantitative estimate of drug-likeness (QED) is 0.647. The lowest BCUT2D eigenvalue weighted by Gasteiger charge is -2.08. The molecule has 0 saturated heterocycles. The minimum atomic E-state index is -0.813. The van der Waals surface area contributed by atoms with E-state index in [1.165, 1.54) is 6.07 Å². The molecule has 0 bridgehead atoms. The number of nitrogen functional groups attached to an aromatic ring is 1. The summed E-state index contributed by atoms with van der Waals surface area (Å²) >= 11 is 0. The minimum Gasteiger partial charge on any atom is -0.452 e. The Bertz CT molecular complexity index is 798. The number of benzene rings is 2. The third-order valence-corrected chi connectivity index (χ3v) is 3.09. The van der Waals surface area contributed by atoms with E-state index >= 15 is 0 Å². The smallest absolute Gasteiger partial charge is 0.340 e. The SMILES string of the molecule is N#CCc1ccc(NC(=O)COC(=O)c2ccc(F)cc2N)cc1. The predicted molar refractivity (Wildman–Crippen MR) is 85.5 cm³/mol. The molecule has 2 aromatic rings. The Morgan fingerprint density at radius 3 is 2.54 bits per heavy atom. The van der Waals surface area contributed by atoms with E-state index < -0.39 is 24.3 Å². The van der Waals surface area contributed by atoms with Gasteiger partial charge in [0.1, 0.15) is 5.82 Å². The van der Waals surface area contributed by atoms with E-state index in [0.29, 0.717) is 5.69 Å². The molecule has 2 rings (SSSR count). The van der Waals surface area contributed by atoms with E-state index in [-0.39, 0.29) is 17.7 Å². The first kappa shape index (κ1) is 17.0. The molecule has 0 fully saturated rings. The Morgan fingerprint density at radius 1 is 1.21 bits per heavy atom. The van der Waals surface area contributed by atoms with Crippen molar-refractivity contribution in [3.05, 3.63) is 59.4 Å². The van der Waals surface area contributed by atoms with Crippen LogP contribution >= 0.6 is 0 Å². The van der Waals surface area contributed by atoms with Crippen molar-refractivity contribution >= 4 is 23.3 Å². The van der Waals surface area contributed by atoms with Gasteiger partial charge in [0.2, 0.25) is 0 Å². The number of nitrogens with one attached hydrogen (secondary N) is 1. The van der Waals surface area contributed by atoms with Crippen LogP contribution in [0.5, 0.6) is 0 Å². The zero-order valence-electron chi connectivity index (χ0n) is 12.6. The molecule has 0 heterocycles. The van der Waals surface area contributed by atoms with Gasteiger partial charge in [-0.15, -0.1) is 0 Å². The van der Waals surface area contributed by atoms with Crippen LogP contribution in [0.3, 0.4) is 0 Å². The van der Waals surface area contributed by atoms with E-state index in [4.69, 9.17) is 15.7 Å². The first-order valence-corrected chi connectivity index (χ1v) is 6.97. The second-order valence-electron chi connectivity index (χ2n) is 4.89. The number of hydrogen-bond acceptors (Lipinski definition) is 5. The second kappa shape index (κ2) is 7.74. The van der Waals surface area contributed by atoms with E-state index in [1.54, 1.807) is 24.3 Å². The Kier molecular flexibility index (Phi) is 5.47. The lowest BCUT2D eigenvalue weighted by atomic mass is 10.1. The molecule has 6 nitrogen and oxygen atoms in total. The van der Waals surface area contributed by atoms with Crippen molar-refractivity contribution in [1.82, 2.24) is 0 Å². The number of anilines is 2. The Balaban J connectivity index is 1.88. The first-order chi connectivity index (χ1) is 11.5. The summed E-state index contributed by atoms with van der Waals surface area (Å²) in [6.07, 6.45) is 0.283. The molecule has 0 radical (unpaired) electrons. The molecule has 0 aliphatic rings. The van der Waals surface area contributed by atoms with Crippen molar-refractivity contribution in [2.75, 3.05) is 17.7 Å². The molecular weight excluding hydrogens is 313 g/mol. The van der Waals surface area contributed by atoms with Gasteiger partial charge in [0, 0.05) is 11.4 Å². The maximum atomic E-state index is 12.9. The van der Waals surface area contributed by atoms with Gasteiger partial charge in [0.25, 0.3) is 5.91 Å². The van der Waals surface area contributed by atoms with Crippen LogP contribution in [0.4, 0.5) is 15.8 Å². The van der Waals surface area contributed by atoms with Crippen LogP contribution in [0.2, 0.25) is 0 Å². The number of hydrogen-bond donors (Lipinski definition) is 2. The maximum Gasteiger partial charge on any atom is 0.340 e. The van der Waals surface area contributed by atoms with E-state index in [0.717, 1.165) is 17.7 Å². The van der Waals surface area contributed by atoms with Gasteiger partial charge in [0.15, 0.2) is 6.61 Å². The molecule has 0 unspecified atom stereocenters. The van der Waals surface area contributed by atoms with Crippen molar-refractivity contribution in [3.8, 4) is 6.07 Å². The Labute approximate surface area is 137 Å². The molecule has 0 atom stereocenters. The highest BCUT2D eigenvalue weighted by Crippen LogP contribution is 2.15. The van der Waals surface area contributed by atoms with E-state index in [9.17, 15) is 14.0 Å². The van der Waals surface area contributed by atoms with Gasteiger partial charge in [-0.25, -0.2) is 9.18 Å². The zero-order chi connectivity index (χ0) is 17.5. The number of ether oxygens (including phenoxy) is 1. The summed E-state index contributed by atoms with van der Waals surface area (Å²) in [5, 5.41) is 11.1. The van der Waals surface area contributed by atoms with Crippen LogP contribution in [0.15, 0.2) is 42.5 Å². The van der Waals surface area contributed by atoms with Crippen LogP contribution in [0.25, 0.3) is 0 Å². The molecule has 0 spiro atoms. The summed E-state index contributed by atoms with van der Waals surface area (Å²) in [6, 6.07) is 12.0. The lowest BCUT2D eigenvalue weighted by Crippen LogP contribution is -2.21. The van der Waals surface area contributed by atoms with Crippen molar-refractivity contribution in [1.29, 1.82) is 5.26 Å². The molecule has 0 aromatic heterocycles. The fourth-order valence-corrected chi connectivity index (χ4v) is 1.92. The number of nitriles is 1.